The fourth-order valence-electron chi connectivity index (χ4n) is 2.37. The van der Waals surface area contributed by atoms with Crippen LogP contribution in [0.5, 0.6) is 0 Å². The molecule has 0 heterocycles. The molecule has 1 rings (SSSR count). The molecule has 126 valence electrons. The summed E-state index contributed by atoms with van der Waals surface area (Å²) in [6.07, 6.45) is 2.50. The highest BCUT2D eigenvalue weighted by Crippen LogP contribution is 2.19. The molecule has 0 saturated carbocycles. The fraction of sp³-hybridized carbons (Fsp3) is 0.684. The van der Waals surface area contributed by atoms with Crippen molar-refractivity contribution in [2.75, 3.05) is 25.9 Å². The smallest absolute Gasteiger partial charge is 0.0176 e. The van der Waals surface area contributed by atoms with Crippen LogP contribution in [0.3, 0.4) is 0 Å². The van der Waals surface area contributed by atoms with Crippen LogP contribution in [0.4, 0.5) is 0 Å². The lowest BCUT2D eigenvalue weighted by molar-refractivity contribution is 0.290. The minimum atomic E-state index is 0.544. The standard InChI is InChI=1S/C19H34N2S/c1-16(2)11-13-21(5)14-12-18(20-17(3)4)15-22-19-9-7-6-8-10-19/h6-10,16-18,20H,11-15H2,1-5H3. The second kappa shape index (κ2) is 11.1. The minimum Gasteiger partial charge on any atom is -0.311 e. The molecule has 0 aromatic heterocycles. The maximum absolute atomic E-state index is 3.72. The van der Waals surface area contributed by atoms with Crippen LogP contribution in [0.15, 0.2) is 35.2 Å². The zero-order valence-corrected chi connectivity index (χ0v) is 15.8. The number of thioether (sulfide) groups is 1. The summed E-state index contributed by atoms with van der Waals surface area (Å²) in [4.78, 5) is 3.84. The Morgan fingerprint density at radius 2 is 1.64 bits per heavy atom. The van der Waals surface area contributed by atoms with Crippen molar-refractivity contribution in [3.8, 4) is 0 Å². The first-order valence-electron chi connectivity index (χ1n) is 8.59. The molecular weight excluding hydrogens is 288 g/mol. The van der Waals surface area contributed by atoms with E-state index in [4.69, 9.17) is 0 Å². The molecule has 22 heavy (non-hydrogen) atoms. The summed E-state index contributed by atoms with van der Waals surface area (Å²) >= 11 is 1.96. The van der Waals surface area contributed by atoms with E-state index in [0.717, 1.165) is 11.7 Å². The van der Waals surface area contributed by atoms with Gasteiger partial charge in [-0.1, -0.05) is 45.9 Å². The lowest BCUT2D eigenvalue weighted by Gasteiger charge is -2.24. The van der Waals surface area contributed by atoms with Crippen LogP contribution in [0.25, 0.3) is 0 Å². The van der Waals surface area contributed by atoms with Crippen LogP contribution in [0, 0.1) is 5.92 Å². The zero-order chi connectivity index (χ0) is 16.4. The maximum Gasteiger partial charge on any atom is 0.0176 e. The molecule has 0 spiro atoms. The van der Waals surface area contributed by atoms with Crippen molar-refractivity contribution in [1.29, 1.82) is 0 Å². The number of rotatable bonds is 11. The largest absolute Gasteiger partial charge is 0.311 e. The van der Waals surface area contributed by atoms with E-state index in [-0.39, 0.29) is 0 Å². The van der Waals surface area contributed by atoms with Gasteiger partial charge in [0, 0.05) is 22.7 Å². The summed E-state index contributed by atoms with van der Waals surface area (Å²) in [6, 6.07) is 11.8. The highest BCUT2D eigenvalue weighted by Gasteiger charge is 2.12. The predicted octanol–water partition coefficient (Wildman–Crippen LogP) is 4.51. The summed E-state index contributed by atoms with van der Waals surface area (Å²) in [5.41, 5.74) is 0. The molecule has 3 heteroatoms. The number of nitrogens with one attached hydrogen (secondary N) is 1. The Hall–Kier alpha value is -0.510. The van der Waals surface area contributed by atoms with Gasteiger partial charge in [0.15, 0.2) is 0 Å². The van der Waals surface area contributed by atoms with Crippen molar-refractivity contribution in [2.45, 2.75) is 57.5 Å². The third-order valence-corrected chi connectivity index (χ3v) is 4.89. The van der Waals surface area contributed by atoms with Gasteiger partial charge < -0.3 is 10.2 Å². The second-order valence-electron chi connectivity index (χ2n) is 6.92. The van der Waals surface area contributed by atoms with Crippen LogP contribution in [-0.2, 0) is 0 Å². The molecule has 1 aromatic carbocycles. The van der Waals surface area contributed by atoms with E-state index < -0.39 is 0 Å². The molecule has 0 saturated heterocycles. The molecule has 1 aromatic rings. The van der Waals surface area contributed by atoms with Gasteiger partial charge in [0.25, 0.3) is 0 Å². The van der Waals surface area contributed by atoms with Gasteiger partial charge in [-0.05, 0) is 51.0 Å². The Labute approximate surface area is 142 Å². The van der Waals surface area contributed by atoms with Gasteiger partial charge in [-0.25, -0.2) is 0 Å². The number of hydrogen-bond donors (Lipinski definition) is 1. The summed E-state index contributed by atoms with van der Waals surface area (Å²) in [7, 11) is 2.25. The molecule has 0 amide bonds. The minimum absolute atomic E-state index is 0.544. The maximum atomic E-state index is 3.72. The fourth-order valence-corrected chi connectivity index (χ4v) is 3.37. The van der Waals surface area contributed by atoms with E-state index in [1.54, 1.807) is 0 Å². The van der Waals surface area contributed by atoms with Crippen LogP contribution >= 0.6 is 11.8 Å². The lowest BCUT2D eigenvalue weighted by Crippen LogP contribution is -2.39. The predicted molar refractivity (Wildman–Crippen MR) is 101 cm³/mol. The van der Waals surface area contributed by atoms with E-state index in [2.05, 4.69) is 75.3 Å². The molecule has 1 atom stereocenters. The topological polar surface area (TPSA) is 15.3 Å². The van der Waals surface area contributed by atoms with Crippen molar-refractivity contribution in [1.82, 2.24) is 10.2 Å². The molecule has 0 aliphatic rings. The molecule has 0 aliphatic carbocycles. The average Bonchev–Trinajstić information content (AvgIpc) is 2.48. The van der Waals surface area contributed by atoms with Gasteiger partial charge in [0.2, 0.25) is 0 Å². The summed E-state index contributed by atoms with van der Waals surface area (Å²) in [5, 5.41) is 3.72. The van der Waals surface area contributed by atoms with Crippen LogP contribution < -0.4 is 5.32 Å². The normalized spacial score (nSPS) is 13.3. The highest BCUT2D eigenvalue weighted by atomic mass is 32.2. The molecule has 2 nitrogen and oxygen atoms in total. The Morgan fingerprint density at radius 3 is 2.23 bits per heavy atom. The van der Waals surface area contributed by atoms with Gasteiger partial charge >= 0.3 is 0 Å². The number of hydrogen-bond acceptors (Lipinski definition) is 3. The van der Waals surface area contributed by atoms with Gasteiger partial charge in [0.1, 0.15) is 0 Å². The molecule has 0 fully saturated rings. The van der Waals surface area contributed by atoms with Crippen molar-refractivity contribution in [3.05, 3.63) is 30.3 Å². The van der Waals surface area contributed by atoms with E-state index in [0.29, 0.717) is 12.1 Å². The Morgan fingerprint density at radius 1 is 1.00 bits per heavy atom. The van der Waals surface area contributed by atoms with Crippen molar-refractivity contribution < 1.29 is 0 Å². The summed E-state index contributed by atoms with van der Waals surface area (Å²) < 4.78 is 0. The first kappa shape index (κ1) is 19.5. The van der Waals surface area contributed by atoms with Gasteiger partial charge in [-0.15, -0.1) is 11.8 Å². The van der Waals surface area contributed by atoms with Crippen LogP contribution in [0.2, 0.25) is 0 Å². The van der Waals surface area contributed by atoms with Crippen molar-refractivity contribution in [2.24, 2.45) is 5.92 Å². The van der Waals surface area contributed by atoms with Crippen LogP contribution in [0.1, 0.15) is 40.5 Å². The van der Waals surface area contributed by atoms with E-state index in [9.17, 15) is 0 Å². The monoisotopic (exact) mass is 322 g/mol. The molecular formula is C19H34N2S. The number of benzene rings is 1. The summed E-state index contributed by atoms with van der Waals surface area (Å²) in [6.45, 7) is 11.5. The van der Waals surface area contributed by atoms with E-state index in [1.807, 2.05) is 11.8 Å². The van der Waals surface area contributed by atoms with Gasteiger partial charge in [0.05, 0.1) is 0 Å². The lowest BCUT2D eigenvalue weighted by atomic mass is 10.1. The molecule has 0 bridgehead atoms. The summed E-state index contributed by atoms with van der Waals surface area (Å²) in [5.74, 6) is 1.93. The van der Waals surface area contributed by atoms with E-state index in [1.165, 1.54) is 30.8 Å². The Balaban J connectivity index is 2.36. The Bertz CT molecular complexity index is 378. The van der Waals surface area contributed by atoms with Crippen molar-refractivity contribution >= 4 is 11.8 Å². The first-order chi connectivity index (χ1) is 10.5. The first-order valence-corrected chi connectivity index (χ1v) is 9.58. The highest BCUT2D eigenvalue weighted by molar-refractivity contribution is 7.99. The van der Waals surface area contributed by atoms with Crippen LogP contribution in [-0.4, -0.2) is 42.9 Å². The van der Waals surface area contributed by atoms with Gasteiger partial charge in [-0.2, -0.15) is 0 Å². The zero-order valence-electron chi connectivity index (χ0n) is 15.0. The third kappa shape index (κ3) is 9.50. The quantitative estimate of drug-likeness (QED) is 0.603. The third-order valence-electron chi connectivity index (χ3n) is 3.71. The molecule has 1 unspecified atom stereocenters. The SMILES string of the molecule is CC(C)CCN(C)CCC(CSc1ccccc1)NC(C)C. The van der Waals surface area contributed by atoms with Crippen molar-refractivity contribution in [3.63, 3.8) is 0 Å². The molecule has 0 radical (unpaired) electrons. The second-order valence-corrected chi connectivity index (χ2v) is 8.01. The molecule has 0 aliphatic heterocycles. The number of nitrogens with zero attached hydrogens (tertiary/aromatic N) is 1. The Kier molecular flexibility index (Phi) is 9.85. The van der Waals surface area contributed by atoms with E-state index >= 15 is 0 Å². The van der Waals surface area contributed by atoms with Gasteiger partial charge in [-0.3, -0.25) is 0 Å². The average molecular weight is 323 g/mol. The molecule has 1 N–H and O–H groups in total.